The number of hydrogen-bond acceptors (Lipinski definition) is 4. The monoisotopic (exact) mass is 493 g/mol. The van der Waals surface area contributed by atoms with Gasteiger partial charge in [0.1, 0.15) is 5.75 Å². The van der Waals surface area contributed by atoms with E-state index >= 15 is 0 Å². The summed E-state index contributed by atoms with van der Waals surface area (Å²) in [7, 11) is 1.68. The van der Waals surface area contributed by atoms with Crippen LogP contribution in [0.15, 0.2) is 85.2 Å². The van der Waals surface area contributed by atoms with Gasteiger partial charge in [0.2, 0.25) is 0 Å². The van der Waals surface area contributed by atoms with Crippen molar-refractivity contribution in [1.29, 1.82) is 0 Å². The number of pyridine rings is 1. The van der Waals surface area contributed by atoms with Gasteiger partial charge in [0, 0.05) is 45.6 Å². The standard InChI is InChI=1S/C32H23N5O/c1-38-26-8-2-20(3-9-26)31-27-10-4-22(34-27)18-24-6-12-29(36-24)32(21-14-16-33-17-15-21)30-13-7-25(37-30)19-23-5-11-28(31)35-23/h2-19,34,37H,1H3. The number of nitrogens with zero attached hydrogens (tertiary/aromatic N) is 3. The Morgan fingerprint density at radius 1 is 0.579 bits per heavy atom. The highest BCUT2D eigenvalue weighted by Gasteiger charge is 2.13. The number of nitrogens with one attached hydrogen (secondary N) is 2. The first-order chi connectivity index (χ1) is 18.7. The van der Waals surface area contributed by atoms with Crippen LogP contribution in [0.4, 0.5) is 0 Å². The third kappa shape index (κ3) is 3.98. The summed E-state index contributed by atoms with van der Waals surface area (Å²) in [6.45, 7) is 0. The lowest BCUT2D eigenvalue weighted by Crippen LogP contribution is -1.87. The Morgan fingerprint density at radius 3 is 1.63 bits per heavy atom. The number of aromatic amines is 2. The number of methoxy groups -OCH3 is 1. The average Bonchev–Trinajstić information content (AvgIpc) is 3.76. The molecular weight excluding hydrogens is 470 g/mol. The van der Waals surface area contributed by atoms with Crippen molar-refractivity contribution in [3.63, 3.8) is 0 Å². The van der Waals surface area contributed by atoms with E-state index in [0.29, 0.717) is 0 Å². The molecule has 7 rings (SSSR count). The molecule has 6 nitrogen and oxygen atoms in total. The molecule has 6 heterocycles. The quantitative estimate of drug-likeness (QED) is 0.269. The first-order valence-electron chi connectivity index (χ1n) is 12.4. The molecule has 0 saturated carbocycles. The normalized spacial score (nSPS) is 12.1. The molecule has 1 aromatic carbocycles. The molecule has 0 radical (unpaired) electrons. The summed E-state index contributed by atoms with van der Waals surface area (Å²) >= 11 is 0. The fourth-order valence-electron chi connectivity index (χ4n) is 4.96. The zero-order valence-corrected chi connectivity index (χ0v) is 20.6. The Balaban J connectivity index is 1.55. The second kappa shape index (κ2) is 9.01. The van der Waals surface area contributed by atoms with Gasteiger partial charge in [-0.1, -0.05) is 12.1 Å². The van der Waals surface area contributed by atoms with Crippen LogP contribution in [0.5, 0.6) is 5.75 Å². The maximum atomic E-state index is 5.38. The molecule has 5 aromatic rings. The third-order valence-corrected chi connectivity index (χ3v) is 6.75. The lowest BCUT2D eigenvalue weighted by atomic mass is 10.0. The summed E-state index contributed by atoms with van der Waals surface area (Å²) in [5.74, 6) is 0.816. The van der Waals surface area contributed by atoms with Gasteiger partial charge in [-0.3, -0.25) is 4.98 Å². The zero-order chi connectivity index (χ0) is 25.5. The number of aromatic nitrogens is 5. The molecule has 38 heavy (non-hydrogen) atoms. The van der Waals surface area contributed by atoms with Crippen LogP contribution in [0.25, 0.3) is 68.6 Å². The van der Waals surface area contributed by atoms with Crippen molar-refractivity contribution in [3.05, 3.63) is 108 Å². The molecule has 2 aliphatic rings. The number of rotatable bonds is 3. The molecule has 0 unspecified atom stereocenters. The molecule has 0 saturated heterocycles. The minimum atomic E-state index is 0.816. The van der Waals surface area contributed by atoms with E-state index in [2.05, 4.69) is 75.6 Å². The van der Waals surface area contributed by atoms with E-state index in [1.807, 2.05) is 36.4 Å². The van der Waals surface area contributed by atoms with Crippen LogP contribution in [0.3, 0.4) is 0 Å². The molecule has 2 aliphatic heterocycles. The molecule has 8 bridgehead atoms. The molecule has 2 N–H and O–H groups in total. The predicted octanol–water partition coefficient (Wildman–Crippen LogP) is 7.39. The summed E-state index contributed by atoms with van der Waals surface area (Å²) in [6.07, 6.45) is 11.8. The van der Waals surface area contributed by atoms with Gasteiger partial charge < -0.3 is 14.7 Å². The van der Waals surface area contributed by atoms with E-state index in [4.69, 9.17) is 14.7 Å². The van der Waals surface area contributed by atoms with Crippen molar-refractivity contribution < 1.29 is 4.74 Å². The van der Waals surface area contributed by atoms with Crippen molar-refractivity contribution in [3.8, 4) is 28.0 Å². The van der Waals surface area contributed by atoms with Crippen LogP contribution in [0.1, 0.15) is 22.8 Å². The number of benzene rings is 1. The summed E-state index contributed by atoms with van der Waals surface area (Å²) in [4.78, 5) is 21.3. The van der Waals surface area contributed by atoms with E-state index in [-0.39, 0.29) is 0 Å². The summed E-state index contributed by atoms with van der Waals surface area (Å²) in [5.41, 5.74) is 11.6. The van der Waals surface area contributed by atoms with E-state index in [9.17, 15) is 0 Å². The predicted molar refractivity (Wildman–Crippen MR) is 154 cm³/mol. The molecule has 0 aliphatic carbocycles. The number of ether oxygens (including phenoxy) is 1. The van der Waals surface area contributed by atoms with Crippen LogP contribution in [0.2, 0.25) is 0 Å². The van der Waals surface area contributed by atoms with Crippen LogP contribution in [-0.4, -0.2) is 32.0 Å². The Labute approximate surface area is 219 Å². The number of fused-ring (bicyclic) bond motifs is 8. The largest absolute Gasteiger partial charge is 0.497 e. The van der Waals surface area contributed by atoms with Gasteiger partial charge in [0.05, 0.1) is 29.9 Å². The van der Waals surface area contributed by atoms with Gasteiger partial charge >= 0.3 is 0 Å². The van der Waals surface area contributed by atoms with Crippen LogP contribution in [0, 0.1) is 0 Å². The van der Waals surface area contributed by atoms with Gasteiger partial charge in [0.15, 0.2) is 0 Å². The first kappa shape index (κ1) is 22.0. The maximum Gasteiger partial charge on any atom is 0.118 e. The number of hydrogen-bond donors (Lipinski definition) is 2. The highest BCUT2D eigenvalue weighted by atomic mass is 16.5. The van der Waals surface area contributed by atoms with Crippen molar-refractivity contribution in [2.75, 3.05) is 7.11 Å². The fourth-order valence-corrected chi connectivity index (χ4v) is 4.96. The molecule has 0 spiro atoms. The van der Waals surface area contributed by atoms with E-state index in [1.165, 1.54) is 0 Å². The molecule has 182 valence electrons. The summed E-state index contributed by atoms with van der Waals surface area (Å²) in [5, 5.41) is 0. The minimum Gasteiger partial charge on any atom is -0.497 e. The maximum absolute atomic E-state index is 5.38. The lowest BCUT2D eigenvalue weighted by Gasteiger charge is -2.05. The van der Waals surface area contributed by atoms with Crippen LogP contribution in [-0.2, 0) is 0 Å². The van der Waals surface area contributed by atoms with Crippen molar-refractivity contribution >= 4 is 46.4 Å². The fraction of sp³-hybridized carbons (Fsp3) is 0.0312. The average molecular weight is 494 g/mol. The number of H-pyrrole nitrogens is 2. The van der Waals surface area contributed by atoms with E-state index in [1.54, 1.807) is 19.5 Å². The Hall–Kier alpha value is -5.23. The summed E-state index contributed by atoms with van der Waals surface area (Å²) < 4.78 is 5.38. The highest BCUT2D eigenvalue weighted by Crippen LogP contribution is 2.32. The molecule has 6 heteroatoms. The lowest BCUT2D eigenvalue weighted by molar-refractivity contribution is 0.415. The van der Waals surface area contributed by atoms with Gasteiger partial charge in [-0.2, -0.15) is 0 Å². The molecule has 4 aromatic heterocycles. The zero-order valence-electron chi connectivity index (χ0n) is 20.6. The van der Waals surface area contributed by atoms with Gasteiger partial charge in [-0.15, -0.1) is 0 Å². The smallest absolute Gasteiger partial charge is 0.118 e. The minimum absolute atomic E-state index is 0.816. The van der Waals surface area contributed by atoms with Crippen molar-refractivity contribution in [2.45, 2.75) is 0 Å². The summed E-state index contributed by atoms with van der Waals surface area (Å²) in [6, 6.07) is 24.5. The van der Waals surface area contributed by atoms with E-state index in [0.717, 1.165) is 72.8 Å². The van der Waals surface area contributed by atoms with Crippen molar-refractivity contribution in [1.82, 2.24) is 24.9 Å². The van der Waals surface area contributed by atoms with Crippen LogP contribution >= 0.6 is 0 Å². The van der Waals surface area contributed by atoms with Crippen LogP contribution < -0.4 is 4.74 Å². The van der Waals surface area contributed by atoms with Crippen molar-refractivity contribution in [2.24, 2.45) is 0 Å². The Morgan fingerprint density at radius 2 is 1.11 bits per heavy atom. The second-order valence-electron chi connectivity index (χ2n) is 9.17. The molecular formula is C32H23N5O. The molecule has 0 amide bonds. The van der Waals surface area contributed by atoms with Gasteiger partial charge in [-0.05, 0) is 96.1 Å². The highest BCUT2D eigenvalue weighted by molar-refractivity contribution is 5.93. The topological polar surface area (TPSA) is 79.5 Å². The third-order valence-electron chi connectivity index (χ3n) is 6.75. The van der Waals surface area contributed by atoms with Gasteiger partial charge in [0.25, 0.3) is 0 Å². The molecule has 0 atom stereocenters. The SMILES string of the molecule is COc1ccc(-c2c3nc(cc4ccc([nH]4)c(-c4ccncc4)c4nc(cc5ccc2[nH]5)C=C4)C=C3)cc1. The Bertz CT molecular complexity index is 1890. The first-order valence-corrected chi connectivity index (χ1v) is 12.4. The van der Waals surface area contributed by atoms with Gasteiger partial charge in [-0.25, -0.2) is 9.97 Å². The molecule has 0 fully saturated rings. The Kier molecular flexibility index (Phi) is 5.22. The van der Waals surface area contributed by atoms with E-state index < -0.39 is 0 Å². The second-order valence-corrected chi connectivity index (χ2v) is 9.17.